The molecule has 1 aromatic heterocycles. The van der Waals surface area contributed by atoms with Crippen LogP contribution in [0.1, 0.15) is 12.6 Å². The Labute approximate surface area is 136 Å². The predicted octanol–water partition coefficient (Wildman–Crippen LogP) is 3.29. The van der Waals surface area contributed by atoms with E-state index in [0.29, 0.717) is 16.0 Å². The summed E-state index contributed by atoms with van der Waals surface area (Å²) in [6, 6.07) is 7.57. The molecule has 0 amide bonds. The van der Waals surface area contributed by atoms with Crippen molar-refractivity contribution in [2.45, 2.75) is 18.0 Å². The van der Waals surface area contributed by atoms with Crippen LogP contribution in [0.25, 0.3) is 10.9 Å². The van der Waals surface area contributed by atoms with Gasteiger partial charge in [-0.2, -0.15) is 13.2 Å². The van der Waals surface area contributed by atoms with Gasteiger partial charge in [-0.25, -0.2) is 18.1 Å². The van der Waals surface area contributed by atoms with Crippen LogP contribution in [-0.2, 0) is 16.2 Å². The van der Waals surface area contributed by atoms with E-state index in [1.165, 1.54) is 13.0 Å². The first-order valence-corrected chi connectivity index (χ1v) is 9.44. The van der Waals surface area contributed by atoms with Crippen LogP contribution in [0.5, 0.6) is 0 Å². The fourth-order valence-corrected chi connectivity index (χ4v) is 3.56. The van der Waals surface area contributed by atoms with E-state index in [4.69, 9.17) is 0 Å². The highest BCUT2D eigenvalue weighted by atomic mass is 32.2. The average molecular weight is 364 g/mol. The van der Waals surface area contributed by atoms with Gasteiger partial charge in [-0.3, -0.25) is 0 Å². The van der Waals surface area contributed by atoms with Crippen LogP contribution < -0.4 is 4.72 Å². The third-order valence-corrected chi connectivity index (χ3v) is 5.49. The maximum atomic E-state index is 12.9. The zero-order valence-corrected chi connectivity index (χ0v) is 13.9. The number of hydrogen-bond donors (Lipinski definition) is 1. The molecule has 0 saturated heterocycles. The fourth-order valence-electron chi connectivity index (χ4n) is 1.87. The molecule has 0 radical (unpaired) electrons. The molecule has 1 N–H and O–H groups in total. The molecular formula is C14H15F3N2O2S2. The lowest BCUT2D eigenvalue weighted by Gasteiger charge is -2.11. The summed E-state index contributed by atoms with van der Waals surface area (Å²) in [5.74, 6) is 0.290. The number of nitrogens with one attached hydrogen (secondary N) is 1. The van der Waals surface area contributed by atoms with Crippen LogP contribution in [0.4, 0.5) is 13.2 Å². The van der Waals surface area contributed by atoms with E-state index >= 15 is 0 Å². The molecule has 4 nitrogen and oxygen atoms in total. The number of aromatic nitrogens is 1. The summed E-state index contributed by atoms with van der Waals surface area (Å²) < 4.78 is 63.8. The van der Waals surface area contributed by atoms with Crippen molar-refractivity contribution in [3.63, 3.8) is 0 Å². The molecule has 126 valence electrons. The summed E-state index contributed by atoms with van der Waals surface area (Å²) in [6.07, 6.45) is -4.52. The first kappa shape index (κ1) is 18.0. The van der Waals surface area contributed by atoms with Crippen molar-refractivity contribution in [3.05, 3.63) is 36.0 Å². The van der Waals surface area contributed by atoms with Crippen LogP contribution in [-0.4, -0.2) is 31.5 Å². The second kappa shape index (κ2) is 7.06. The van der Waals surface area contributed by atoms with Gasteiger partial charge in [0.2, 0.25) is 10.0 Å². The molecule has 0 spiro atoms. The minimum Gasteiger partial charge on any atom is -0.243 e. The summed E-state index contributed by atoms with van der Waals surface area (Å²) >= 11 is 1.16. The second-order valence-electron chi connectivity index (χ2n) is 4.67. The topological polar surface area (TPSA) is 59.1 Å². The molecule has 0 unspecified atom stereocenters. The van der Waals surface area contributed by atoms with Gasteiger partial charge in [-0.15, -0.1) is 11.8 Å². The number of pyridine rings is 1. The molecule has 2 aromatic rings. The van der Waals surface area contributed by atoms with E-state index in [2.05, 4.69) is 9.71 Å². The summed E-state index contributed by atoms with van der Waals surface area (Å²) in [5.41, 5.74) is -0.688. The molecule has 1 heterocycles. The molecule has 0 aliphatic heterocycles. The maximum absolute atomic E-state index is 12.9. The lowest BCUT2D eigenvalue weighted by molar-refractivity contribution is -0.141. The normalized spacial score (nSPS) is 12.7. The molecule has 0 aliphatic carbocycles. The Bertz CT molecular complexity index is 792. The summed E-state index contributed by atoms with van der Waals surface area (Å²) in [7, 11) is -3.30. The Hall–Kier alpha value is -1.32. The highest BCUT2D eigenvalue weighted by molar-refractivity contribution is 7.99. The molecule has 9 heteroatoms. The van der Waals surface area contributed by atoms with Crippen molar-refractivity contribution < 1.29 is 21.6 Å². The van der Waals surface area contributed by atoms with Gasteiger partial charge < -0.3 is 0 Å². The van der Waals surface area contributed by atoms with Crippen LogP contribution in [0.15, 0.2) is 35.2 Å². The van der Waals surface area contributed by atoms with E-state index in [0.717, 1.165) is 17.8 Å². The third kappa shape index (κ3) is 4.82. The SMILES string of the molecule is CCS(=O)(=O)NCCSc1cc(C(F)(F)F)nc2ccccc12. The molecule has 0 atom stereocenters. The lowest BCUT2D eigenvalue weighted by Crippen LogP contribution is -2.27. The Morgan fingerprint density at radius 2 is 1.96 bits per heavy atom. The number of thioether (sulfide) groups is 1. The quantitative estimate of drug-likeness (QED) is 0.631. The highest BCUT2D eigenvalue weighted by Gasteiger charge is 2.33. The molecular weight excluding hydrogens is 349 g/mol. The summed E-state index contributed by atoms with van der Waals surface area (Å²) in [5, 5.41) is 0.615. The van der Waals surface area contributed by atoms with Gasteiger partial charge in [-0.05, 0) is 19.1 Å². The first-order chi connectivity index (χ1) is 10.7. The zero-order valence-electron chi connectivity index (χ0n) is 12.2. The third-order valence-electron chi connectivity index (χ3n) is 3.03. The Kier molecular flexibility index (Phi) is 5.53. The van der Waals surface area contributed by atoms with Crippen molar-refractivity contribution in [1.29, 1.82) is 0 Å². The number of sulfonamides is 1. The molecule has 0 fully saturated rings. The van der Waals surface area contributed by atoms with Crippen LogP contribution in [0.2, 0.25) is 0 Å². The lowest BCUT2D eigenvalue weighted by atomic mass is 10.2. The molecule has 2 rings (SSSR count). The van der Waals surface area contributed by atoms with Gasteiger partial charge in [0.25, 0.3) is 0 Å². The van der Waals surface area contributed by atoms with Crippen molar-refractivity contribution in [2.24, 2.45) is 0 Å². The standard InChI is InChI=1S/C14H15F3N2O2S2/c1-2-23(20,21)18-7-8-22-12-9-13(14(15,16)17)19-11-6-4-3-5-10(11)12/h3-6,9,18H,2,7-8H2,1H3. The number of rotatable bonds is 6. The Balaban J connectivity index is 2.22. The maximum Gasteiger partial charge on any atom is 0.433 e. The number of halogens is 3. The summed E-state index contributed by atoms with van der Waals surface area (Å²) in [4.78, 5) is 4.07. The van der Waals surface area contributed by atoms with Crippen LogP contribution in [0, 0.1) is 0 Å². The van der Waals surface area contributed by atoms with Crippen molar-refractivity contribution >= 4 is 32.7 Å². The number of alkyl halides is 3. The number of para-hydroxylation sites is 1. The molecule has 23 heavy (non-hydrogen) atoms. The van der Waals surface area contributed by atoms with Crippen molar-refractivity contribution in [3.8, 4) is 0 Å². The minimum atomic E-state index is -4.52. The molecule has 0 bridgehead atoms. The van der Waals surface area contributed by atoms with E-state index < -0.39 is 21.9 Å². The largest absolute Gasteiger partial charge is 0.433 e. The molecule has 1 aromatic carbocycles. The van der Waals surface area contributed by atoms with E-state index in [-0.39, 0.29) is 17.8 Å². The first-order valence-electron chi connectivity index (χ1n) is 6.80. The number of fused-ring (bicyclic) bond motifs is 1. The average Bonchev–Trinajstić information content (AvgIpc) is 2.50. The number of nitrogens with zero attached hydrogens (tertiary/aromatic N) is 1. The molecule has 0 saturated carbocycles. The van der Waals surface area contributed by atoms with Gasteiger partial charge in [0, 0.05) is 22.6 Å². The van der Waals surface area contributed by atoms with E-state index in [1.807, 2.05) is 0 Å². The Morgan fingerprint density at radius 1 is 1.26 bits per heavy atom. The van der Waals surface area contributed by atoms with Crippen LogP contribution >= 0.6 is 11.8 Å². The van der Waals surface area contributed by atoms with Gasteiger partial charge in [-0.1, -0.05) is 18.2 Å². The van der Waals surface area contributed by atoms with Crippen molar-refractivity contribution in [1.82, 2.24) is 9.71 Å². The van der Waals surface area contributed by atoms with Gasteiger partial charge in [0.15, 0.2) is 0 Å². The van der Waals surface area contributed by atoms with Crippen molar-refractivity contribution in [2.75, 3.05) is 18.1 Å². The number of benzene rings is 1. The zero-order chi connectivity index (χ0) is 17.1. The van der Waals surface area contributed by atoms with Gasteiger partial charge in [0.1, 0.15) is 5.69 Å². The second-order valence-corrected chi connectivity index (χ2v) is 7.90. The van der Waals surface area contributed by atoms with E-state index in [9.17, 15) is 21.6 Å². The minimum absolute atomic E-state index is 0.0337. The van der Waals surface area contributed by atoms with E-state index in [1.54, 1.807) is 18.2 Å². The fraction of sp³-hybridized carbons (Fsp3) is 0.357. The van der Waals surface area contributed by atoms with Gasteiger partial charge in [0.05, 0.1) is 11.3 Å². The molecule has 0 aliphatic rings. The monoisotopic (exact) mass is 364 g/mol. The van der Waals surface area contributed by atoms with Gasteiger partial charge >= 0.3 is 6.18 Å². The highest BCUT2D eigenvalue weighted by Crippen LogP contribution is 2.34. The predicted molar refractivity (Wildman–Crippen MR) is 84.9 cm³/mol. The summed E-state index contributed by atoms with van der Waals surface area (Å²) in [6.45, 7) is 1.67. The Morgan fingerprint density at radius 3 is 2.61 bits per heavy atom. The smallest absolute Gasteiger partial charge is 0.243 e. The van der Waals surface area contributed by atoms with Crippen LogP contribution in [0.3, 0.4) is 0 Å². The number of hydrogen-bond acceptors (Lipinski definition) is 4.